The summed E-state index contributed by atoms with van der Waals surface area (Å²) in [4.78, 5) is 15.2. The molecule has 3 heterocycles. The zero-order valence-electron chi connectivity index (χ0n) is 13.0. The predicted molar refractivity (Wildman–Crippen MR) is 92.7 cm³/mol. The van der Waals surface area contributed by atoms with Crippen LogP contribution in [0.5, 0.6) is 0 Å². The van der Waals surface area contributed by atoms with E-state index in [0.717, 1.165) is 29.3 Å². The van der Waals surface area contributed by atoms with Crippen molar-refractivity contribution in [3.05, 3.63) is 35.2 Å². The van der Waals surface area contributed by atoms with Crippen molar-refractivity contribution in [2.24, 2.45) is 11.8 Å². The van der Waals surface area contributed by atoms with Gasteiger partial charge in [-0.25, -0.2) is 0 Å². The zero-order chi connectivity index (χ0) is 14.9. The fraction of sp³-hybridized carbons (Fsp3) is 0.526. The molecule has 1 saturated carbocycles. The normalized spacial score (nSPS) is 25.5. The minimum absolute atomic E-state index is 0.314. The van der Waals surface area contributed by atoms with E-state index >= 15 is 0 Å². The van der Waals surface area contributed by atoms with Gasteiger partial charge in [-0.2, -0.15) is 0 Å². The van der Waals surface area contributed by atoms with Crippen molar-refractivity contribution >= 4 is 27.2 Å². The van der Waals surface area contributed by atoms with Gasteiger partial charge in [0.2, 0.25) is 0 Å². The number of benzene rings is 1. The van der Waals surface area contributed by atoms with Gasteiger partial charge in [0, 0.05) is 47.1 Å². The average molecular weight is 313 g/mol. The molecule has 5 rings (SSSR count). The van der Waals surface area contributed by atoms with Gasteiger partial charge in [0.15, 0.2) is 5.78 Å². The Morgan fingerprint density at radius 1 is 1.09 bits per heavy atom. The topological polar surface area (TPSA) is 20.3 Å². The molecule has 116 valence electrons. The molecule has 2 bridgehead atoms. The predicted octanol–water partition coefficient (Wildman–Crippen LogP) is 4.60. The fourth-order valence-corrected chi connectivity index (χ4v) is 5.14. The molecule has 0 atom stereocenters. The van der Waals surface area contributed by atoms with Crippen LogP contribution in [0.4, 0.5) is 0 Å². The molecule has 2 aliphatic heterocycles. The van der Waals surface area contributed by atoms with Crippen molar-refractivity contribution in [1.82, 2.24) is 4.90 Å². The van der Waals surface area contributed by atoms with E-state index in [0.29, 0.717) is 12.2 Å². The van der Waals surface area contributed by atoms with Gasteiger partial charge in [-0.3, -0.25) is 4.79 Å². The average Bonchev–Trinajstić information content (AvgIpc) is 2.76. The summed E-state index contributed by atoms with van der Waals surface area (Å²) in [6.45, 7) is 3.37. The molecular weight excluding hydrogens is 290 g/mol. The van der Waals surface area contributed by atoms with E-state index in [9.17, 15) is 4.79 Å². The molecule has 0 radical (unpaired) electrons. The van der Waals surface area contributed by atoms with Crippen molar-refractivity contribution in [2.45, 2.75) is 32.1 Å². The Morgan fingerprint density at radius 3 is 2.50 bits per heavy atom. The fourth-order valence-electron chi connectivity index (χ4n) is 4.17. The number of rotatable bonds is 4. The lowest BCUT2D eigenvalue weighted by Gasteiger charge is -2.21. The van der Waals surface area contributed by atoms with Crippen LogP contribution in [0.3, 0.4) is 0 Å². The summed E-state index contributed by atoms with van der Waals surface area (Å²) in [5, 5.41) is 3.17. The summed E-state index contributed by atoms with van der Waals surface area (Å²) < 4.78 is 1.22. The minimum Gasteiger partial charge on any atom is -0.302 e. The molecule has 1 aromatic carbocycles. The third kappa shape index (κ3) is 2.84. The van der Waals surface area contributed by atoms with Crippen LogP contribution in [0.1, 0.15) is 42.5 Å². The molecule has 3 aliphatic rings. The Kier molecular flexibility index (Phi) is 4.01. The Labute approximate surface area is 136 Å². The summed E-state index contributed by atoms with van der Waals surface area (Å²) in [6.07, 6.45) is 6.29. The molecular formula is C19H23NOS. The Hall–Kier alpha value is -1.19. The summed E-state index contributed by atoms with van der Waals surface area (Å²) >= 11 is 1.68. The summed E-state index contributed by atoms with van der Waals surface area (Å²) in [6, 6.07) is 8.24. The van der Waals surface area contributed by atoms with Crippen LogP contribution < -0.4 is 0 Å². The molecule has 2 nitrogen and oxygen atoms in total. The minimum atomic E-state index is 0.314. The molecule has 22 heavy (non-hydrogen) atoms. The summed E-state index contributed by atoms with van der Waals surface area (Å²) in [5.74, 6) is 2.08. The molecule has 2 saturated heterocycles. The maximum atomic E-state index is 12.6. The highest BCUT2D eigenvalue weighted by Crippen LogP contribution is 2.34. The van der Waals surface area contributed by atoms with Crippen molar-refractivity contribution in [1.29, 1.82) is 0 Å². The zero-order valence-corrected chi connectivity index (χ0v) is 13.8. The van der Waals surface area contributed by atoms with E-state index in [1.54, 1.807) is 11.3 Å². The molecule has 1 aliphatic carbocycles. The van der Waals surface area contributed by atoms with Gasteiger partial charge < -0.3 is 4.90 Å². The molecule has 0 N–H and O–H groups in total. The van der Waals surface area contributed by atoms with E-state index in [-0.39, 0.29) is 0 Å². The first-order chi connectivity index (χ1) is 10.8. The molecule has 2 aromatic rings. The van der Waals surface area contributed by atoms with Gasteiger partial charge in [-0.15, -0.1) is 11.3 Å². The summed E-state index contributed by atoms with van der Waals surface area (Å²) in [7, 11) is 0. The quantitative estimate of drug-likeness (QED) is 0.769. The molecule has 1 aromatic heterocycles. The number of carbonyl (C=O) groups is 1. The standard InChI is InChI=1S/C19H23NOS/c21-18(17-13-22-19-4-2-1-3-16(17)19)9-10-20-11-14-5-6-15(12-20)8-7-14/h1-4,13-15H,5-12H2. The SMILES string of the molecule is O=C(CCN1CC2CCC(CC2)C1)c1csc2ccccc12. The number of ketones is 1. The van der Waals surface area contributed by atoms with Crippen molar-refractivity contribution < 1.29 is 4.79 Å². The number of nitrogens with zero attached hydrogens (tertiary/aromatic N) is 1. The first-order valence-corrected chi connectivity index (χ1v) is 9.39. The van der Waals surface area contributed by atoms with Crippen LogP contribution in [0, 0.1) is 11.8 Å². The van der Waals surface area contributed by atoms with Gasteiger partial charge in [-0.1, -0.05) is 18.2 Å². The molecule has 0 spiro atoms. The number of carbonyl (C=O) groups excluding carboxylic acids is 1. The van der Waals surface area contributed by atoms with Crippen LogP contribution in [-0.2, 0) is 0 Å². The maximum Gasteiger partial charge on any atom is 0.165 e. The van der Waals surface area contributed by atoms with Crippen LogP contribution >= 0.6 is 11.3 Å². The van der Waals surface area contributed by atoms with E-state index in [1.165, 1.54) is 43.5 Å². The Balaban J connectivity index is 1.42. The number of hydrogen-bond donors (Lipinski definition) is 0. The highest BCUT2D eigenvalue weighted by atomic mass is 32.1. The van der Waals surface area contributed by atoms with Gasteiger partial charge in [0.05, 0.1) is 0 Å². The monoisotopic (exact) mass is 313 g/mol. The van der Waals surface area contributed by atoms with Crippen molar-refractivity contribution in [3.63, 3.8) is 0 Å². The van der Waals surface area contributed by atoms with Crippen molar-refractivity contribution in [3.8, 4) is 0 Å². The van der Waals surface area contributed by atoms with Crippen LogP contribution in [0.15, 0.2) is 29.6 Å². The lowest BCUT2D eigenvalue weighted by Crippen LogP contribution is -2.30. The highest BCUT2D eigenvalue weighted by Gasteiger charge is 2.29. The molecule has 0 unspecified atom stereocenters. The third-order valence-corrected chi connectivity index (χ3v) is 6.40. The van der Waals surface area contributed by atoms with Gasteiger partial charge in [0.1, 0.15) is 0 Å². The summed E-state index contributed by atoms with van der Waals surface area (Å²) in [5.41, 5.74) is 0.929. The third-order valence-electron chi connectivity index (χ3n) is 5.44. The van der Waals surface area contributed by atoms with Gasteiger partial charge >= 0.3 is 0 Å². The first kappa shape index (κ1) is 14.4. The van der Waals surface area contributed by atoms with Crippen LogP contribution in [0.25, 0.3) is 10.1 Å². The van der Waals surface area contributed by atoms with Crippen molar-refractivity contribution in [2.75, 3.05) is 19.6 Å². The lowest BCUT2D eigenvalue weighted by atomic mass is 9.84. The second-order valence-corrected chi connectivity index (χ2v) is 7.88. The van der Waals surface area contributed by atoms with E-state index in [2.05, 4.69) is 17.0 Å². The van der Waals surface area contributed by atoms with Crippen LogP contribution in [-0.4, -0.2) is 30.3 Å². The Morgan fingerprint density at radius 2 is 1.77 bits per heavy atom. The van der Waals surface area contributed by atoms with Gasteiger partial charge in [-0.05, 0) is 43.6 Å². The second-order valence-electron chi connectivity index (χ2n) is 6.97. The number of Topliss-reactive ketones (excluding diaryl/α,β-unsaturated/α-hetero) is 1. The Bertz CT molecular complexity index is 655. The highest BCUT2D eigenvalue weighted by molar-refractivity contribution is 7.17. The van der Waals surface area contributed by atoms with Crippen LogP contribution in [0.2, 0.25) is 0 Å². The smallest absolute Gasteiger partial charge is 0.165 e. The lowest BCUT2D eigenvalue weighted by molar-refractivity contribution is 0.0963. The number of hydrogen-bond acceptors (Lipinski definition) is 3. The molecule has 3 fully saturated rings. The largest absolute Gasteiger partial charge is 0.302 e. The number of thiophene rings is 1. The molecule has 0 amide bonds. The van der Waals surface area contributed by atoms with E-state index in [1.807, 2.05) is 17.5 Å². The van der Waals surface area contributed by atoms with E-state index < -0.39 is 0 Å². The second kappa shape index (κ2) is 6.13. The molecule has 3 heteroatoms. The first-order valence-electron chi connectivity index (χ1n) is 8.51. The maximum absolute atomic E-state index is 12.6. The number of fused-ring (bicyclic) bond motifs is 5. The van der Waals surface area contributed by atoms with Gasteiger partial charge in [0.25, 0.3) is 0 Å². The van der Waals surface area contributed by atoms with E-state index in [4.69, 9.17) is 0 Å².